The number of fused-ring (bicyclic) bond motifs is 3. The molecular weight excluding hydrogens is 348 g/mol. The van der Waals surface area contributed by atoms with Crippen LogP contribution in [0.1, 0.15) is 37.1 Å². The summed E-state index contributed by atoms with van der Waals surface area (Å²) in [6.07, 6.45) is 4.21. The number of hydrogen-bond donors (Lipinski definition) is 2. The first kappa shape index (κ1) is 20.3. The second kappa shape index (κ2) is 10.2. The lowest BCUT2D eigenvalue weighted by Crippen LogP contribution is -2.16. The van der Waals surface area contributed by atoms with Gasteiger partial charge in [-0.25, -0.2) is 0 Å². The Bertz CT molecular complexity index is 885. The molecular formula is C24H32N2O2. The number of aromatic amines is 1. The van der Waals surface area contributed by atoms with Gasteiger partial charge in [-0.15, -0.1) is 0 Å². The molecule has 0 atom stereocenters. The van der Waals surface area contributed by atoms with Crippen LogP contribution in [0.15, 0.2) is 42.5 Å². The molecule has 150 valence electrons. The van der Waals surface area contributed by atoms with Crippen LogP contribution in [0.3, 0.4) is 0 Å². The third-order valence-corrected chi connectivity index (χ3v) is 5.11. The maximum Gasteiger partial charge on any atom is 0.122 e. The summed E-state index contributed by atoms with van der Waals surface area (Å²) in [5.41, 5.74) is 5.62. The van der Waals surface area contributed by atoms with E-state index in [-0.39, 0.29) is 0 Å². The molecule has 0 bridgehead atoms. The summed E-state index contributed by atoms with van der Waals surface area (Å²) in [7, 11) is 1.68. The van der Waals surface area contributed by atoms with Crippen molar-refractivity contribution in [3.8, 4) is 11.5 Å². The zero-order valence-corrected chi connectivity index (χ0v) is 17.3. The van der Waals surface area contributed by atoms with Crippen LogP contribution in [-0.2, 0) is 19.3 Å². The van der Waals surface area contributed by atoms with E-state index in [1.165, 1.54) is 27.7 Å². The van der Waals surface area contributed by atoms with Crippen molar-refractivity contribution in [1.29, 1.82) is 0 Å². The van der Waals surface area contributed by atoms with E-state index < -0.39 is 0 Å². The lowest BCUT2D eigenvalue weighted by Gasteiger charge is -2.09. The minimum atomic E-state index is 0.706. The fraction of sp³-hybridized carbons (Fsp3) is 0.417. The van der Waals surface area contributed by atoms with E-state index in [1.54, 1.807) is 7.11 Å². The highest BCUT2D eigenvalue weighted by molar-refractivity contribution is 5.88. The van der Waals surface area contributed by atoms with Crippen LogP contribution in [0.25, 0.3) is 10.9 Å². The first-order chi connectivity index (χ1) is 13.8. The molecule has 1 aromatic heterocycles. The quantitative estimate of drug-likeness (QED) is 0.598. The summed E-state index contributed by atoms with van der Waals surface area (Å²) in [5.74, 6) is 1.69. The Hall–Kier alpha value is -2.46. The molecule has 4 nitrogen and oxygen atoms in total. The van der Waals surface area contributed by atoms with Crippen molar-refractivity contribution in [2.75, 3.05) is 26.8 Å². The Balaban J connectivity index is 0.00000109. The fourth-order valence-corrected chi connectivity index (χ4v) is 3.84. The molecule has 0 unspecified atom stereocenters. The highest BCUT2D eigenvalue weighted by atomic mass is 16.5. The van der Waals surface area contributed by atoms with Gasteiger partial charge in [0.25, 0.3) is 0 Å². The predicted octanol–water partition coefficient (Wildman–Crippen LogP) is 4.90. The maximum atomic E-state index is 5.90. The summed E-state index contributed by atoms with van der Waals surface area (Å²) in [5, 5.41) is 4.93. The Morgan fingerprint density at radius 3 is 2.61 bits per heavy atom. The predicted molar refractivity (Wildman–Crippen MR) is 117 cm³/mol. The van der Waals surface area contributed by atoms with Gasteiger partial charge in [-0.1, -0.05) is 32.0 Å². The second-order valence-electron chi connectivity index (χ2n) is 6.80. The molecule has 3 aromatic rings. The first-order valence-electron chi connectivity index (χ1n) is 10.4. The molecule has 0 saturated heterocycles. The summed E-state index contributed by atoms with van der Waals surface area (Å²) in [4.78, 5) is 3.64. The Kier molecular flexibility index (Phi) is 7.38. The number of hydrogen-bond acceptors (Lipinski definition) is 3. The average Bonchev–Trinajstić information content (AvgIpc) is 2.95. The van der Waals surface area contributed by atoms with E-state index in [2.05, 4.69) is 28.5 Å². The van der Waals surface area contributed by atoms with E-state index in [1.807, 2.05) is 38.1 Å². The Morgan fingerprint density at radius 2 is 1.75 bits per heavy atom. The number of methoxy groups -OCH3 is 1. The molecule has 2 aromatic carbocycles. The van der Waals surface area contributed by atoms with Gasteiger partial charge in [0.2, 0.25) is 0 Å². The lowest BCUT2D eigenvalue weighted by molar-refractivity contribution is 0.308. The van der Waals surface area contributed by atoms with Gasteiger partial charge in [-0.3, -0.25) is 0 Å². The van der Waals surface area contributed by atoms with Crippen molar-refractivity contribution in [3.63, 3.8) is 0 Å². The van der Waals surface area contributed by atoms with Gasteiger partial charge in [-0.2, -0.15) is 0 Å². The molecule has 0 spiro atoms. The highest BCUT2D eigenvalue weighted by Crippen LogP contribution is 2.28. The molecule has 28 heavy (non-hydrogen) atoms. The van der Waals surface area contributed by atoms with Crippen molar-refractivity contribution < 1.29 is 9.47 Å². The highest BCUT2D eigenvalue weighted by Gasteiger charge is 2.16. The molecule has 1 aliphatic rings. The summed E-state index contributed by atoms with van der Waals surface area (Å²) < 4.78 is 11.1. The standard InChI is InChI=1S/C22H26N2O2.C2H6/c1-25-17-7-3-8-18(15-17)26-14-4-6-16-5-2-9-21-22(16)19-10-12-23-13-11-20(19)24-21;1-2/h2-3,5,7-9,15,23-24H,4,6,10-14H2,1H3;1-2H3. The van der Waals surface area contributed by atoms with Gasteiger partial charge in [0.15, 0.2) is 0 Å². The third kappa shape index (κ3) is 4.68. The normalized spacial score (nSPS) is 13.2. The van der Waals surface area contributed by atoms with Crippen molar-refractivity contribution in [2.24, 2.45) is 0 Å². The summed E-state index contributed by atoms with van der Waals surface area (Å²) in [6.45, 7) is 6.83. The topological polar surface area (TPSA) is 46.3 Å². The molecule has 0 radical (unpaired) electrons. The van der Waals surface area contributed by atoms with Crippen LogP contribution in [0.2, 0.25) is 0 Å². The van der Waals surface area contributed by atoms with Crippen molar-refractivity contribution in [2.45, 2.75) is 39.5 Å². The van der Waals surface area contributed by atoms with Gasteiger partial charge in [0.05, 0.1) is 13.7 Å². The van der Waals surface area contributed by atoms with Gasteiger partial charge in [0.1, 0.15) is 11.5 Å². The Morgan fingerprint density at radius 1 is 0.964 bits per heavy atom. The number of nitrogens with one attached hydrogen (secondary N) is 2. The number of benzene rings is 2. The number of aryl methyl sites for hydroxylation is 1. The van der Waals surface area contributed by atoms with E-state index in [4.69, 9.17) is 9.47 Å². The van der Waals surface area contributed by atoms with Crippen LogP contribution < -0.4 is 14.8 Å². The van der Waals surface area contributed by atoms with Crippen molar-refractivity contribution >= 4 is 10.9 Å². The number of H-pyrrole nitrogens is 1. The van der Waals surface area contributed by atoms with Crippen LogP contribution in [-0.4, -0.2) is 31.8 Å². The Labute approximate surface area is 168 Å². The number of aromatic nitrogens is 1. The van der Waals surface area contributed by atoms with Crippen LogP contribution >= 0.6 is 0 Å². The largest absolute Gasteiger partial charge is 0.497 e. The van der Waals surface area contributed by atoms with Gasteiger partial charge in [-0.05, 0) is 55.1 Å². The molecule has 4 heteroatoms. The van der Waals surface area contributed by atoms with Crippen LogP contribution in [0, 0.1) is 0 Å². The fourth-order valence-electron chi connectivity index (χ4n) is 3.84. The van der Waals surface area contributed by atoms with E-state index in [0.29, 0.717) is 6.61 Å². The van der Waals surface area contributed by atoms with Gasteiger partial charge < -0.3 is 19.8 Å². The van der Waals surface area contributed by atoms with Crippen LogP contribution in [0.4, 0.5) is 0 Å². The zero-order valence-electron chi connectivity index (χ0n) is 17.3. The third-order valence-electron chi connectivity index (χ3n) is 5.11. The van der Waals surface area contributed by atoms with Gasteiger partial charge >= 0.3 is 0 Å². The first-order valence-corrected chi connectivity index (χ1v) is 10.4. The summed E-state index contributed by atoms with van der Waals surface area (Å²) >= 11 is 0. The molecule has 0 amide bonds. The monoisotopic (exact) mass is 380 g/mol. The minimum Gasteiger partial charge on any atom is -0.497 e. The smallest absolute Gasteiger partial charge is 0.122 e. The van der Waals surface area contributed by atoms with E-state index >= 15 is 0 Å². The number of rotatable bonds is 6. The van der Waals surface area contributed by atoms with E-state index in [0.717, 1.165) is 50.3 Å². The minimum absolute atomic E-state index is 0.706. The molecule has 0 fully saturated rings. The number of ether oxygens (including phenoxy) is 2. The molecule has 2 N–H and O–H groups in total. The molecule has 0 aliphatic carbocycles. The van der Waals surface area contributed by atoms with Crippen molar-refractivity contribution in [1.82, 2.24) is 10.3 Å². The van der Waals surface area contributed by atoms with Crippen LogP contribution in [0.5, 0.6) is 11.5 Å². The molecule has 1 aliphatic heterocycles. The summed E-state index contributed by atoms with van der Waals surface area (Å²) in [6, 6.07) is 14.4. The molecule has 4 rings (SSSR count). The average molecular weight is 381 g/mol. The van der Waals surface area contributed by atoms with Gasteiger partial charge in [0, 0.05) is 35.6 Å². The lowest BCUT2D eigenvalue weighted by atomic mass is 9.99. The van der Waals surface area contributed by atoms with Crippen molar-refractivity contribution in [3.05, 3.63) is 59.3 Å². The second-order valence-corrected chi connectivity index (χ2v) is 6.80. The molecule has 0 saturated carbocycles. The zero-order chi connectivity index (χ0) is 19.8. The SMILES string of the molecule is CC.COc1cccc(OCCCc2cccc3[nH]c4c(c23)CCNCC4)c1. The van der Waals surface area contributed by atoms with E-state index in [9.17, 15) is 0 Å². The maximum absolute atomic E-state index is 5.90. The molecule has 2 heterocycles.